The van der Waals surface area contributed by atoms with Crippen molar-refractivity contribution in [2.45, 2.75) is 17.9 Å². The molecule has 0 aliphatic carbocycles. The van der Waals surface area contributed by atoms with Crippen LogP contribution in [0.4, 0.5) is 4.39 Å². The normalized spacial score (nSPS) is 13.8. The third-order valence-electron chi connectivity index (χ3n) is 3.70. The van der Waals surface area contributed by atoms with Crippen LogP contribution in [0.3, 0.4) is 0 Å². The van der Waals surface area contributed by atoms with Crippen molar-refractivity contribution in [3.05, 3.63) is 81.1 Å². The molecular weight excluding hydrogens is 351 g/mol. The van der Waals surface area contributed by atoms with E-state index in [0.29, 0.717) is 21.9 Å². The second-order valence-corrected chi connectivity index (χ2v) is 7.54. The van der Waals surface area contributed by atoms with Crippen LogP contribution in [0, 0.1) is 5.82 Å². The number of hydrogen-bond donors (Lipinski definition) is 0. The first-order valence-electron chi connectivity index (χ1n) is 7.25. The second kappa shape index (κ2) is 6.83. The zero-order valence-electron chi connectivity index (χ0n) is 12.8. The summed E-state index contributed by atoms with van der Waals surface area (Å²) in [5.74, 6) is -0.316. The van der Waals surface area contributed by atoms with Crippen LogP contribution in [0.2, 0.25) is 5.02 Å². The van der Waals surface area contributed by atoms with E-state index < -0.39 is 16.0 Å². The molecule has 0 spiro atoms. The lowest BCUT2D eigenvalue weighted by Crippen LogP contribution is -2.17. The van der Waals surface area contributed by atoms with Crippen molar-refractivity contribution in [3.8, 4) is 0 Å². The van der Waals surface area contributed by atoms with Crippen LogP contribution in [0.5, 0.6) is 0 Å². The Morgan fingerprint density at radius 1 is 1.29 bits per heavy atom. The molecule has 2 atom stereocenters. The van der Waals surface area contributed by atoms with E-state index in [-0.39, 0.29) is 17.1 Å². The van der Waals surface area contributed by atoms with E-state index in [1.54, 1.807) is 37.3 Å². The highest BCUT2D eigenvalue weighted by Gasteiger charge is 2.18. The number of pyridine rings is 1. The Balaban J connectivity index is 1.89. The van der Waals surface area contributed by atoms with Crippen LogP contribution in [-0.4, -0.2) is 13.6 Å². The lowest BCUT2D eigenvalue weighted by atomic mass is 10.1. The monoisotopic (exact) mass is 364 g/mol. The van der Waals surface area contributed by atoms with Crippen LogP contribution in [0.15, 0.2) is 53.5 Å². The van der Waals surface area contributed by atoms with Crippen molar-refractivity contribution in [2.24, 2.45) is 0 Å². The fourth-order valence-electron chi connectivity index (χ4n) is 2.42. The summed E-state index contributed by atoms with van der Waals surface area (Å²) in [5.41, 5.74) is 0.925. The molecule has 0 unspecified atom stereocenters. The molecule has 2 heterocycles. The fraction of sp³-hybridized carbons (Fsp3) is 0.176. The predicted molar refractivity (Wildman–Crippen MR) is 93.1 cm³/mol. The topological polar surface area (TPSA) is 51.4 Å². The molecule has 1 aromatic carbocycles. The van der Waals surface area contributed by atoms with Gasteiger partial charge in [0.15, 0.2) is 0 Å². The van der Waals surface area contributed by atoms with Gasteiger partial charge in [-0.05, 0) is 25.1 Å². The number of benzene rings is 1. The quantitative estimate of drug-likeness (QED) is 0.712. The van der Waals surface area contributed by atoms with Crippen molar-refractivity contribution >= 4 is 28.0 Å². The molecule has 0 aliphatic rings. The molecule has 3 aromatic rings. The minimum absolute atomic E-state index is 0.0733. The van der Waals surface area contributed by atoms with Gasteiger partial charge in [0.25, 0.3) is 5.56 Å². The average molecular weight is 365 g/mol. The number of aromatic nitrogens is 2. The van der Waals surface area contributed by atoms with Gasteiger partial charge >= 0.3 is 0 Å². The molecule has 3 rings (SSSR count). The summed E-state index contributed by atoms with van der Waals surface area (Å²) in [7, 11) is -1.41. The largest absolute Gasteiger partial charge is 0.269 e. The minimum Gasteiger partial charge on any atom is -0.269 e. The van der Waals surface area contributed by atoms with E-state index in [0.717, 1.165) is 0 Å². The van der Waals surface area contributed by atoms with E-state index in [2.05, 4.69) is 4.98 Å². The van der Waals surface area contributed by atoms with Crippen molar-refractivity contribution in [1.29, 1.82) is 0 Å². The Labute approximate surface area is 145 Å². The maximum absolute atomic E-state index is 13.8. The molecule has 2 aromatic heterocycles. The van der Waals surface area contributed by atoms with Gasteiger partial charge in [-0.25, -0.2) is 9.37 Å². The number of halogens is 2. The standard InChI is InChI=1S/C17H14ClFN2O2S/c1-11(14-4-2-3-5-15(14)19)24(23)10-13-8-17(22)21-9-12(18)6-7-16(21)20-13/h2-9,11H,10H2,1H3/t11-,24-/m0/s1. The summed E-state index contributed by atoms with van der Waals surface area (Å²) >= 11 is 5.87. The maximum atomic E-state index is 13.8. The molecule has 124 valence electrons. The molecule has 0 N–H and O–H groups in total. The molecule has 0 aliphatic heterocycles. The Morgan fingerprint density at radius 3 is 2.79 bits per heavy atom. The van der Waals surface area contributed by atoms with Crippen molar-refractivity contribution < 1.29 is 8.60 Å². The van der Waals surface area contributed by atoms with Gasteiger partial charge in [0, 0.05) is 28.6 Å². The molecule has 0 bridgehead atoms. The highest BCUT2D eigenvalue weighted by Crippen LogP contribution is 2.23. The Hall–Kier alpha value is -2.05. The first-order chi connectivity index (χ1) is 11.5. The van der Waals surface area contributed by atoms with Gasteiger partial charge in [-0.2, -0.15) is 0 Å². The number of rotatable bonds is 4. The smallest absolute Gasteiger partial charge is 0.258 e. The molecule has 4 nitrogen and oxygen atoms in total. The van der Waals surface area contributed by atoms with Crippen LogP contribution in [-0.2, 0) is 16.6 Å². The zero-order valence-corrected chi connectivity index (χ0v) is 14.4. The molecule has 0 fully saturated rings. The molecule has 0 radical (unpaired) electrons. The lowest BCUT2D eigenvalue weighted by Gasteiger charge is -2.12. The first-order valence-corrected chi connectivity index (χ1v) is 9.01. The molecule has 24 heavy (non-hydrogen) atoms. The van der Waals surface area contributed by atoms with E-state index in [9.17, 15) is 13.4 Å². The average Bonchev–Trinajstić information content (AvgIpc) is 2.55. The van der Waals surface area contributed by atoms with Crippen molar-refractivity contribution in [2.75, 3.05) is 0 Å². The zero-order chi connectivity index (χ0) is 17.3. The SMILES string of the molecule is C[C@@H](c1ccccc1F)[S@@](=O)Cc1cc(=O)n2cc(Cl)ccc2n1. The number of fused-ring (bicyclic) bond motifs is 1. The number of hydrogen-bond acceptors (Lipinski definition) is 3. The van der Waals surface area contributed by atoms with E-state index >= 15 is 0 Å². The van der Waals surface area contributed by atoms with Crippen LogP contribution in [0.1, 0.15) is 23.4 Å². The van der Waals surface area contributed by atoms with Crippen molar-refractivity contribution in [1.82, 2.24) is 9.38 Å². The summed E-state index contributed by atoms with van der Waals surface area (Å²) in [6, 6.07) is 10.8. The molecule has 7 heteroatoms. The summed E-state index contributed by atoms with van der Waals surface area (Å²) in [4.78, 5) is 16.5. The first kappa shape index (κ1) is 16.8. The summed E-state index contributed by atoms with van der Waals surface area (Å²) < 4.78 is 27.7. The van der Waals surface area contributed by atoms with Gasteiger partial charge in [-0.3, -0.25) is 13.4 Å². The Kier molecular flexibility index (Phi) is 4.78. The predicted octanol–water partition coefficient (Wildman–Crippen LogP) is 3.50. The van der Waals surface area contributed by atoms with Gasteiger partial charge in [0.05, 0.1) is 21.7 Å². The highest BCUT2D eigenvalue weighted by molar-refractivity contribution is 7.84. The summed E-state index contributed by atoms with van der Waals surface area (Å²) in [6.45, 7) is 1.70. The highest BCUT2D eigenvalue weighted by atomic mass is 35.5. The minimum atomic E-state index is -1.41. The van der Waals surface area contributed by atoms with Gasteiger partial charge in [-0.15, -0.1) is 0 Å². The second-order valence-electron chi connectivity index (χ2n) is 5.35. The van der Waals surface area contributed by atoms with Gasteiger partial charge in [0.1, 0.15) is 11.5 Å². The summed E-state index contributed by atoms with van der Waals surface area (Å²) in [6.07, 6.45) is 1.48. The summed E-state index contributed by atoms with van der Waals surface area (Å²) in [5, 5.41) is -0.0763. The van der Waals surface area contributed by atoms with Gasteiger partial charge in [0.2, 0.25) is 0 Å². The van der Waals surface area contributed by atoms with E-state index in [1.165, 1.54) is 22.7 Å². The number of nitrogens with zero attached hydrogens (tertiary/aromatic N) is 2. The van der Waals surface area contributed by atoms with E-state index in [1.807, 2.05) is 0 Å². The maximum Gasteiger partial charge on any atom is 0.258 e. The molecule has 0 saturated heterocycles. The van der Waals surface area contributed by atoms with E-state index in [4.69, 9.17) is 11.6 Å². The molecular formula is C17H14ClFN2O2S. The van der Waals surface area contributed by atoms with Crippen LogP contribution >= 0.6 is 11.6 Å². The Bertz CT molecular complexity index is 990. The fourth-order valence-corrected chi connectivity index (χ4v) is 3.74. The lowest BCUT2D eigenvalue weighted by molar-refractivity contribution is 0.606. The van der Waals surface area contributed by atoms with Crippen molar-refractivity contribution in [3.63, 3.8) is 0 Å². The molecule has 0 amide bonds. The van der Waals surface area contributed by atoms with Crippen LogP contribution in [0.25, 0.3) is 5.65 Å². The van der Waals surface area contributed by atoms with Crippen LogP contribution < -0.4 is 5.56 Å². The third-order valence-corrected chi connectivity index (χ3v) is 5.55. The molecule has 0 saturated carbocycles. The van der Waals surface area contributed by atoms with Gasteiger partial charge in [-0.1, -0.05) is 29.8 Å². The third kappa shape index (κ3) is 3.39. The Morgan fingerprint density at radius 2 is 2.04 bits per heavy atom. The van der Waals surface area contributed by atoms with Gasteiger partial charge < -0.3 is 0 Å².